The van der Waals surface area contributed by atoms with Gasteiger partial charge in [-0.1, -0.05) is 59.7 Å². The van der Waals surface area contributed by atoms with Crippen LogP contribution >= 0.6 is 0 Å². The average molecular weight is 556 g/mol. The Balaban J connectivity index is 0.000000199. The molecule has 1 fully saturated rings. The van der Waals surface area contributed by atoms with Gasteiger partial charge in [0, 0.05) is 40.3 Å². The molecule has 0 aromatic heterocycles. The highest BCUT2D eigenvalue weighted by atomic mass is 16.7. The summed E-state index contributed by atoms with van der Waals surface area (Å²) in [5, 5.41) is 15.0. The molecule has 5 rings (SSSR count). The number of esters is 1. The van der Waals surface area contributed by atoms with Gasteiger partial charge in [0.2, 0.25) is 6.29 Å². The number of piperidine rings is 1. The van der Waals surface area contributed by atoms with Crippen LogP contribution in [0.4, 0.5) is 0 Å². The smallest absolute Gasteiger partial charge is 0.341 e. The number of cyclic esters (lactones) is 1. The molecule has 2 unspecified atom stereocenters. The monoisotopic (exact) mass is 555 g/mol. The van der Waals surface area contributed by atoms with E-state index in [0.717, 1.165) is 24.0 Å². The van der Waals surface area contributed by atoms with Crippen molar-refractivity contribution in [1.82, 2.24) is 5.06 Å². The Hall–Kier alpha value is -4.03. The molecule has 8 nitrogen and oxygen atoms in total. The first kappa shape index (κ1) is 31.5. The van der Waals surface area contributed by atoms with E-state index in [1.807, 2.05) is 60.7 Å². The van der Waals surface area contributed by atoms with E-state index in [4.69, 9.17) is 22.1 Å². The molecule has 3 aromatic rings. The molecule has 3 aromatic carbocycles. The van der Waals surface area contributed by atoms with Crippen LogP contribution in [-0.4, -0.2) is 33.8 Å². The lowest BCUT2D eigenvalue weighted by Crippen LogP contribution is -2.58. The molecule has 0 spiro atoms. The summed E-state index contributed by atoms with van der Waals surface area (Å²) in [6.07, 6.45) is 3.65. The molecule has 0 aliphatic carbocycles. The minimum Gasteiger partial charge on any atom is -0.428 e. The second-order valence-electron chi connectivity index (χ2n) is 11.1. The van der Waals surface area contributed by atoms with Crippen LogP contribution in [0.3, 0.4) is 0 Å². The zero-order chi connectivity index (χ0) is 29.9. The van der Waals surface area contributed by atoms with Crippen molar-refractivity contribution in [3.8, 4) is 0 Å². The highest BCUT2D eigenvalue weighted by Crippen LogP contribution is 2.40. The van der Waals surface area contributed by atoms with Gasteiger partial charge in [-0.3, -0.25) is 4.84 Å². The maximum atomic E-state index is 10.9. The fraction of sp³-hybridized carbons (Fsp3) is 0.364. The molecule has 41 heavy (non-hydrogen) atoms. The number of benzene rings is 3. The van der Waals surface area contributed by atoms with Gasteiger partial charge in [-0.25, -0.2) is 4.79 Å². The highest BCUT2D eigenvalue weighted by Gasteiger charge is 2.43. The average Bonchev–Trinajstić information content (AvgIpc) is 3.26. The predicted octanol–water partition coefficient (Wildman–Crippen LogP) is 7.99. The first-order valence-corrected chi connectivity index (χ1v) is 13.7. The Kier molecular flexibility index (Phi) is 11.2. The molecule has 8 heteroatoms. The number of hydroxylamine groups is 2. The number of aliphatic hydroxyl groups is 1. The molecule has 1 saturated heterocycles. The Morgan fingerprint density at radius 2 is 1.59 bits per heavy atom. The zero-order valence-electron chi connectivity index (χ0n) is 24.2. The summed E-state index contributed by atoms with van der Waals surface area (Å²) < 4.78 is 4.55. The van der Waals surface area contributed by atoms with Crippen LogP contribution in [0.15, 0.2) is 90.0 Å². The Bertz CT molecular complexity index is 1310. The molecule has 2 heterocycles. The van der Waals surface area contributed by atoms with Gasteiger partial charge in [0.05, 0.1) is 12.1 Å². The van der Waals surface area contributed by atoms with E-state index in [9.17, 15) is 4.79 Å². The SMILES string of the molecule is CC1(C)CCCC(C)(C)N1OC(CN=[N+]=[N-])c1ccccc1.O=C1OC(O)c2ccccc21.[CH+]=Cc1ccccc1. The van der Waals surface area contributed by atoms with Crippen molar-refractivity contribution in [3.05, 3.63) is 124 Å². The summed E-state index contributed by atoms with van der Waals surface area (Å²) in [6, 6.07) is 26.6. The van der Waals surface area contributed by atoms with E-state index in [-0.39, 0.29) is 17.2 Å². The summed E-state index contributed by atoms with van der Waals surface area (Å²) in [5.41, 5.74) is 11.7. The summed E-state index contributed by atoms with van der Waals surface area (Å²) in [6.45, 7) is 14.4. The molecule has 0 amide bonds. The Morgan fingerprint density at radius 1 is 1.02 bits per heavy atom. The number of azide groups is 1. The lowest BCUT2D eigenvalue weighted by molar-refractivity contribution is -0.305. The molecular formula is C33H39N4O4+. The third-order valence-corrected chi connectivity index (χ3v) is 7.05. The van der Waals surface area contributed by atoms with Crippen LogP contribution in [-0.2, 0) is 9.57 Å². The summed E-state index contributed by atoms with van der Waals surface area (Å²) in [4.78, 5) is 20.2. The lowest BCUT2D eigenvalue weighted by Gasteiger charge is -2.52. The number of carbonyl (C=O) groups is 1. The standard InChI is InChI=1S/C17H26N4O.C8H6O3.C8H7/c1-16(2)11-8-12-17(3,4)21(16)22-15(13-19-20-18)14-9-6-5-7-10-14;9-7-5-3-1-2-4-6(5)8(10)11-7;1-2-8-6-4-3-5-7-8/h5-7,9-10,15H,8,11-13H2,1-4H3;1-4,7,9H;1-7H/q;;+1. The minimum absolute atomic E-state index is 0.0366. The van der Waals surface area contributed by atoms with Crippen molar-refractivity contribution in [3.63, 3.8) is 0 Å². The molecule has 0 saturated carbocycles. The lowest BCUT2D eigenvalue weighted by atomic mass is 9.82. The molecule has 2 aliphatic rings. The number of hydrogen-bond acceptors (Lipinski definition) is 6. The fourth-order valence-corrected chi connectivity index (χ4v) is 5.06. The van der Waals surface area contributed by atoms with Gasteiger partial charge in [-0.05, 0) is 76.3 Å². The number of fused-ring (bicyclic) bond motifs is 1. The molecule has 1 N–H and O–H groups in total. The minimum atomic E-state index is -1.07. The van der Waals surface area contributed by atoms with E-state index in [1.165, 1.54) is 6.42 Å². The predicted molar refractivity (Wildman–Crippen MR) is 160 cm³/mol. The van der Waals surface area contributed by atoms with Crippen molar-refractivity contribution in [2.45, 2.75) is 70.4 Å². The maximum Gasteiger partial charge on any atom is 0.341 e. The highest BCUT2D eigenvalue weighted by molar-refractivity contribution is 5.93. The first-order valence-electron chi connectivity index (χ1n) is 13.7. The Labute approximate surface area is 242 Å². The van der Waals surface area contributed by atoms with Crippen LogP contribution in [0.25, 0.3) is 16.5 Å². The summed E-state index contributed by atoms with van der Waals surface area (Å²) in [5.74, 6) is -0.451. The fourth-order valence-electron chi connectivity index (χ4n) is 5.06. The molecule has 2 atom stereocenters. The van der Waals surface area contributed by atoms with Gasteiger partial charge in [0.1, 0.15) is 11.7 Å². The zero-order valence-corrected chi connectivity index (χ0v) is 24.2. The normalized spacial score (nSPS) is 19.0. The maximum absolute atomic E-state index is 10.9. The molecule has 0 radical (unpaired) electrons. The quantitative estimate of drug-likeness (QED) is 0.109. The van der Waals surface area contributed by atoms with Crippen LogP contribution < -0.4 is 0 Å². The molecule has 0 bridgehead atoms. The van der Waals surface area contributed by atoms with Crippen molar-refractivity contribution in [2.75, 3.05) is 6.54 Å². The summed E-state index contributed by atoms with van der Waals surface area (Å²) >= 11 is 0. The third-order valence-electron chi connectivity index (χ3n) is 7.05. The molecule has 214 valence electrons. The molecule has 2 aliphatic heterocycles. The van der Waals surface area contributed by atoms with Gasteiger partial charge in [0.25, 0.3) is 0 Å². The number of hydrogen-bond donors (Lipinski definition) is 1. The summed E-state index contributed by atoms with van der Waals surface area (Å²) in [7, 11) is 0. The number of rotatable bonds is 6. The second-order valence-corrected chi connectivity index (χ2v) is 11.1. The second kappa shape index (κ2) is 14.6. The van der Waals surface area contributed by atoms with Crippen molar-refractivity contribution in [1.29, 1.82) is 0 Å². The van der Waals surface area contributed by atoms with Gasteiger partial charge in [-0.15, -0.1) is 0 Å². The van der Waals surface area contributed by atoms with E-state index >= 15 is 0 Å². The van der Waals surface area contributed by atoms with Crippen LogP contribution in [0.2, 0.25) is 0 Å². The van der Waals surface area contributed by atoms with Crippen LogP contribution in [0.5, 0.6) is 0 Å². The third kappa shape index (κ3) is 8.73. The van der Waals surface area contributed by atoms with Gasteiger partial charge >= 0.3 is 5.97 Å². The molecular weight excluding hydrogens is 516 g/mol. The topological polar surface area (TPSA) is 108 Å². The van der Waals surface area contributed by atoms with Gasteiger partial charge < -0.3 is 9.84 Å². The van der Waals surface area contributed by atoms with Crippen LogP contribution in [0, 0.1) is 6.58 Å². The van der Waals surface area contributed by atoms with Gasteiger partial charge in [-0.2, -0.15) is 5.06 Å². The van der Waals surface area contributed by atoms with E-state index in [2.05, 4.69) is 47.5 Å². The van der Waals surface area contributed by atoms with Crippen molar-refractivity contribution < 1.29 is 19.5 Å². The van der Waals surface area contributed by atoms with Crippen LogP contribution in [0.1, 0.15) is 86.4 Å². The van der Waals surface area contributed by atoms with Crippen molar-refractivity contribution >= 4 is 12.0 Å². The number of ether oxygens (including phenoxy) is 1. The largest absolute Gasteiger partial charge is 0.428 e. The van der Waals surface area contributed by atoms with E-state index in [1.54, 1.807) is 30.3 Å². The Morgan fingerprint density at radius 3 is 2.12 bits per heavy atom. The first-order chi connectivity index (χ1) is 19.6. The van der Waals surface area contributed by atoms with E-state index in [0.29, 0.717) is 17.7 Å². The number of aliphatic hydroxyl groups excluding tert-OH is 1. The number of nitrogens with zero attached hydrogens (tertiary/aromatic N) is 4. The van der Waals surface area contributed by atoms with Crippen molar-refractivity contribution in [2.24, 2.45) is 5.11 Å². The van der Waals surface area contributed by atoms with Gasteiger partial charge in [0.15, 0.2) is 6.08 Å². The number of carbonyl (C=O) groups excluding carboxylic acids is 1. The van der Waals surface area contributed by atoms with E-state index < -0.39 is 12.3 Å².